The summed E-state index contributed by atoms with van der Waals surface area (Å²) in [7, 11) is 0. The van der Waals surface area contributed by atoms with E-state index in [9.17, 15) is 4.79 Å². The third-order valence-electron chi connectivity index (χ3n) is 3.43. The van der Waals surface area contributed by atoms with Gasteiger partial charge in [-0.2, -0.15) is 0 Å². The first kappa shape index (κ1) is 15.2. The summed E-state index contributed by atoms with van der Waals surface area (Å²) in [4.78, 5) is 18.2. The molecule has 0 saturated carbocycles. The van der Waals surface area contributed by atoms with Crippen molar-refractivity contribution in [1.29, 1.82) is 0 Å². The van der Waals surface area contributed by atoms with Crippen molar-refractivity contribution in [2.24, 2.45) is 5.73 Å². The van der Waals surface area contributed by atoms with Crippen LogP contribution in [0, 0.1) is 0 Å². The zero-order valence-corrected chi connectivity index (χ0v) is 12.3. The lowest BCUT2D eigenvalue weighted by Crippen LogP contribution is -2.44. The average molecular weight is 283 g/mol. The summed E-state index contributed by atoms with van der Waals surface area (Å²) in [6.45, 7) is 3.18. The maximum atomic E-state index is 12.5. The third-order valence-corrected chi connectivity index (χ3v) is 3.43. The van der Waals surface area contributed by atoms with Crippen molar-refractivity contribution in [2.45, 2.75) is 25.9 Å². The lowest BCUT2D eigenvalue weighted by molar-refractivity contribution is -0.133. The van der Waals surface area contributed by atoms with Crippen molar-refractivity contribution in [3.63, 3.8) is 0 Å². The summed E-state index contributed by atoms with van der Waals surface area (Å²) in [5.74, 6) is -0.0156. The highest BCUT2D eigenvalue weighted by atomic mass is 16.2. The number of hydrogen-bond donors (Lipinski definition) is 1. The van der Waals surface area contributed by atoms with Gasteiger partial charge in [-0.25, -0.2) is 0 Å². The summed E-state index contributed by atoms with van der Waals surface area (Å²) in [6.07, 6.45) is 4.03. The molecule has 4 heteroatoms. The van der Waals surface area contributed by atoms with Gasteiger partial charge in [0, 0.05) is 25.5 Å². The van der Waals surface area contributed by atoms with E-state index in [1.165, 1.54) is 0 Å². The number of rotatable bonds is 6. The maximum absolute atomic E-state index is 12.5. The molecule has 1 aromatic carbocycles. The fourth-order valence-corrected chi connectivity index (χ4v) is 2.24. The first-order valence-electron chi connectivity index (χ1n) is 7.18. The molecule has 0 aliphatic heterocycles. The van der Waals surface area contributed by atoms with Gasteiger partial charge in [-0.15, -0.1) is 0 Å². The van der Waals surface area contributed by atoms with Crippen LogP contribution in [0.25, 0.3) is 0 Å². The van der Waals surface area contributed by atoms with Gasteiger partial charge in [0.05, 0.1) is 6.04 Å². The molecule has 0 spiro atoms. The number of aromatic nitrogens is 1. The molecule has 2 aromatic rings. The minimum Gasteiger partial charge on any atom is -0.337 e. The molecule has 0 aliphatic rings. The highest BCUT2D eigenvalue weighted by Crippen LogP contribution is 2.08. The summed E-state index contributed by atoms with van der Waals surface area (Å²) in [5.41, 5.74) is 8.22. The molecule has 0 fully saturated rings. The van der Waals surface area contributed by atoms with Gasteiger partial charge < -0.3 is 10.6 Å². The van der Waals surface area contributed by atoms with E-state index >= 15 is 0 Å². The monoisotopic (exact) mass is 283 g/mol. The van der Waals surface area contributed by atoms with Crippen LogP contribution in [0.1, 0.15) is 18.1 Å². The number of likely N-dealkylation sites (N-methyl/N-ethyl adjacent to an activating group) is 1. The van der Waals surface area contributed by atoms with Crippen LogP contribution < -0.4 is 5.73 Å². The SMILES string of the molecule is CCN(Cc1ccncc1)C(=O)C(N)Cc1ccccc1. The van der Waals surface area contributed by atoms with E-state index < -0.39 is 6.04 Å². The normalized spacial score (nSPS) is 11.9. The van der Waals surface area contributed by atoms with Crippen molar-refractivity contribution in [1.82, 2.24) is 9.88 Å². The molecule has 1 aromatic heterocycles. The Morgan fingerprint density at radius 3 is 2.43 bits per heavy atom. The van der Waals surface area contributed by atoms with Crippen LogP contribution in [-0.4, -0.2) is 28.4 Å². The molecule has 1 amide bonds. The lowest BCUT2D eigenvalue weighted by Gasteiger charge is -2.24. The number of nitrogens with two attached hydrogens (primary N) is 1. The number of benzene rings is 1. The van der Waals surface area contributed by atoms with Crippen LogP contribution >= 0.6 is 0 Å². The van der Waals surface area contributed by atoms with E-state index in [0.717, 1.165) is 11.1 Å². The van der Waals surface area contributed by atoms with E-state index in [0.29, 0.717) is 19.5 Å². The molecule has 0 radical (unpaired) electrons. The van der Waals surface area contributed by atoms with Gasteiger partial charge in [0.2, 0.25) is 5.91 Å². The van der Waals surface area contributed by atoms with Gasteiger partial charge in [-0.1, -0.05) is 30.3 Å². The molecule has 1 heterocycles. The average Bonchev–Trinajstić information content (AvgIpc) is 2.54. The van der Waals surface area contributed by atoms with E-state index in [-0.39, 0.29) is 5.91 Å². The second-order valence-corrected chi connectivity index (χ2v) is 5.00. The van der Waals surface area contributed by atoms with E-state index in [4.69, 9.17) is 5.73 Å². The molecule has 0 bridgehead atoms. The van der Waals surface area contributed by atoms with Crippen LogP contribution in [0.4, 0.5) is 0 Å². The summed E-state index contributed by atoms with van der Waals surface area (Å²) in [5, 5.41) is 0. The van der Waals surface area contributed by atoms with Gasteiger partial charge in [0.15, 0.2) is 0 Å². The van der Waals surface area contributed by atoms with Crippen LogP contribution in [-0.2, 0) is 17.8 Å². The number of carbonyl (C=O) groups is 1. The number of carbonyl (C=O) groups excluding carboxylic acids is 1. The topological polar surface area (TPSA) is 59.2 Å². The summed E-state index contributed by atoms with van der Waals surface area (Å²) >= 11 is 0. The molecular formula is C17H21N3O. The zero-order chi connectivity index (χ0) is 15.1. The molecule has 110 valence electrons. The summed E-state index contributed by atoms with van der Waals surface area (Å²) < 4.78 is 0. The molecule has 1 unspecified atom stereocenters. The molecule has 1 atom stereocenters. The smallest absolute Gasteiger partial charge is 0.240 e. The molecular weight excluding hydrogens is 262 g/mol. The number of nitrogens with zero attached hydrogens (tertiary/aromatic N) is 2. The highest BCUT2D eigenvalue weighted by Gasteiger charge is 2.20. The quantitative estimate of drug-likeness (QED) is 0.882. The predicted octanol–water partition coefficient (Wildman–Crippen LogP) is 2.00. The van der Waals surface area contributed by atoms with Gasteiger partial charge >= 0.3 is 0 Å². The Kier molecular flexibility index (Phi) is 5.46. The Morgan fingerprint density at radius 2 is 1.81 bits per heavy atom. The van der Waals surface area contributed by atoms with Crippen molar-refractivity contribution in [3.8, 4) is 0 Å². The van der Waals surface area contributed by atoms with Crippen LogP contribution in [0.2, 0.25) is 0 Å². The molecule has 0 saturated heterocycles. The molecule has 0 aliphatic carbocycles. The first-order valence-corrected chi connectivity index (χ1v) is 7.18. The zero-order valence-electron chi connectivity index (χ0n) is 12.3. The van der Waals surface area contributed by atoms with E-state index in [1.54, 1.807) is 17.3 Å². The number of hydrogen-bond acceptors (Lipinski definition) is 3. The fourth-order valence-electron chi connectivity index (χ4n) is 2.24. The Labute approximate surface area is 125 Å². The third kappa shape index (κ3) is 4.39. The van der Waals surface area contributed by atoms with Gasteiger partial charge in [-0.3, -0.25) is 9.78 Å². The Hall–Kier alpha value is -2.20. The molecule has 21 heavy (non-hydrogen) atoms. The fraction of sp³-hybridized carbons (Fsp3) is 0.294. The minimum atomic E-state index is -0.505. The Morgan fingerprint density at radius 1 is 1.14 bits per heavy atom. The standard InChI is InChI=1S/C17H21N3O/c1-2-20(13-15-8-10-19-11-9-15)17(21)16(18)12-14-6-4-3-5-7-14/h3-11,16H,2,12-13,18H2,1H3. The highest BCUT2D eigenvalue weighted by molar-refractivity contribution is 5.82. The Balaban J connectivity index is 1.99. The minimum absolute atomic E-state index is 0.0156. The number of pyridine rings is 1. The van der Waals surface area contributed by atoms with E-state index in [1.807, 2.05) is 49.4 Å². The van der Waals surface area contributed by atoms with Crippen LogP contribution in [0.3, 0.4) is 0 Å². The van der Waals surface area contributed by atoms with Crippen LogP contribution in [0.5, 0.6) is 0 Å². The molecule has 4 nitrogen and oxygen atoms in total. The van der Waals surface area contributed by atoms with Gasteiger partial charge in [0.1, 0.15) is 0 Å². The predicted molar refractivity (Wildman–Crippen MR) is 83.4 cm³/mol. The second kappa shape index (κ2) is 7.55. The maximum Gasteiger partial charge on any atom is 0.240 e. The van der Waals surface area contributed by atoms with Crippen molar-refractivity contribution in [2.75, 3.05) is 6.54 Å². The lowest BCUT2D eigenvalue weighted by atomic mass is 10.1. The van der Waals surface area contributed by atoms with Crippen molar-refractivity contribution >= 4 is 5.91 Å². The first-order chi connectivity index (χ1) is 10.2. The van der Waals surface area contributed by atoms with Crippen molar-refractivity contribution in [3.05, 3.63) is 66.0 Å². The van der Waals surface area contributed by atoms with Gasteiger partial charge in [0.25, 0.3) is 0 Å². The van der Waals surface area contributed by atoms with Gasteiger partial charge in [-0.05, 0) is 36.6 Å². The largest absolute Gasteiger partial charge is 0.337 e. The van der Waals surface area contributed by atoms with Crippen LogP contribution in [0.15, 0.2) is 54.9 Å². The summed E-state index contributed by atoms with van der Waals surface area (Å²) in [6, 6.07) is 13.2. The Bertz CT molecular complexity index is 557. The van der Waals surface area contributed by atoms with E-state index in [2.05, 4.69) is 4.98 Å². The second-order valence-electron chi connectivity index (χ2n) is 5.00. The molecule has 2 rings (SSSR count). The molecule has 2 N–H and O–H groups in total. The van der Waals surface area contributed by atoms with Crippen molar-refractivity contribution < 1.29 is 4.79 Å². The number of amides is 1.